The molecule has 21 heavy (non-hydrogen) atoms. The van der Waals surface area contributed by atoms with Gasteiger partial charge in [-0.05, 0) is 36.6 Å². The number of carbonyl (C=O) groups excluding carboxylic acids is 1. The standard InChI is InChI=1S/C14H13N3O3S/c1-21-11-4-2-3-9(7-11)16-14(20)17-10-5-6-12(13(18)19)15-8-10/h2-8H,1H3,(H,18,19)(H2,16,17,20). The van der Waals surface area contributed by atoms with Gasteiger partial charge in [0.1, 0.15) is 5.69 Å². The van der Waals surface area contributed by atoms with Crippen LogP contribution in [0.4, 0.5) is 16.2 Å². The van der Waals surface area contributed by atoms with Crippen molar-refractivity contribution in [3.05, 3.63) is 48.3 Å². The Kier molecular flexibility index (Phi) is 4.78. The van der Waals surface area contributed by atoms with Crippen LogP contribution in [0.15, 0.2) is 47.5 Å². The molecule has 2 amide bonds. The van der Waals surface area contributed by atoms with Gasteiger partial charge in [0.2, 0.25) is 0 Å². The Labute approximate surface area is 125 Å². The molecule has 0 bridgehead atoms. The highest BCUT2D eigenvalue weighted by molar-refractivity contribution is 7.98. The largest absolute Gasteiger partial charge is 0.477 e. The highest BCUT2D eigenvalue weighted by Gasteiger charge is 2.06. The van der Waals surface area contributed by atoms with E-state index in [1.54, 1.807) is 17.8 Å². The smallest absolute Gasteiger partial charge is 0.354 e. The average molecular weight is 303 g/mol. The summed E-state index contributed by atoms with van der Waals surface area (Å²) in [4.78, 5) is 27.3. The number of aromatic nitrogens is 1. The van der Waals surface area contributed by atoms with Crippen molar-refractivity contribution in [1.82, 2.24) is 4.98 Å². The molecule has 3 N–H and O–H groups in total. The van der Waals surface area contributed by atoms with Crippen LogP contribution in [-0.4, -0.2) is 28.3 Å². The summed E-state index contributed by atoms with van der Waals surface area (Å²) in [5, 5.41) is 14.0. The number of anilines is 2. The number of hydrogen-bond acceptors (Lipinski definition) is 4. The Morgan fingerprint density at radius 3 is 2.52 bits per heavy atom. The number of hydrogen-bond donors (Lipinski definition) is 3. The van der Waals surface area contributed by atoms with Crippen molar-refractivity contribution in [2.45, 2.75) is 4.90 Å². The van der Waals surface area contributed by atoms with Crippen LogP contribution in [0.25, 0.3) is 0 Å². The van der Waals surface area contributed by atoms with E-state index in [2.05, 4.69) is 15.6 Å². The first kappa shape index (κ1) is 14.9. The zero-order valence-electron chi connectivity index (χ0n) is 11.2. The van der Waals surface area contributed by atoms with Gasteiger partial charge in [0.15, 0.2) is 0 Å². The molecule has 1 heterocycles. The van der Waals surface area contributed by atoms with Crippen LogP contribution < -0.4 is 10.6 Å². The highest BCUT2D eigenvalue weighted by Crippen LogP contribution is 2.19. The fourth-order valence-electron chi connectivity index (χ4n) is 1.59. The zero-order chi connectivity index (χ0) is 15.2. The third-order valence-corrected chi connectivity index (χ3v) is 3.29. The maximum absolute atomic E-state index is 11.8. The van der Waals surface area contributed by atoms with Gasteiger partial charge in [-0.25, -0.2) is 14.6 Å². The molecule has 6 nitrogen and oxygen atoms in total. The van der Waals surface area contributed by atoms with E-state index in [1.807, 2.05) is 24.5 Å². The van der Waals surface area contributed by atoms with Gasteiger partial charge in [-0.3, -0.25) is 0 Å². The van der Waals surface area contributed by atoms with Crippen molar-refractivity contribution >= 4 is 35.1 Å². The number of amides is 2. The van der Waals surface area contributed by atoms with Crippen LogP contribution in [0.3, 0.4) is 0 Å². The Bertz CT molecular complexity index is 659. The van der Waals surface area contributed by atoms with Crippen molar-refractivity contribution < 1.29 is 14.7 Å². The Morgan fingerprint density at radius 1 is 1.14 bits per heavy atom. The van der Waals surface area contributed by atoms with Gasteiger partial charge in [0, 0.05) is 10.6 Å². The molecule has 0 aliphatic carbocycles. The molecular formula is C14H13N3O3S. The fraction of sp³-hybridized carbons (Fsp3) is 0.0714. The summed E-state index contributed by atoms with van der Waals surface area (Å²) >= 11 is 1.58. The molecule has 2 aromatic rings. The van der Waals surface area contributed by atoms with E-state index in [-0.39, 0.29) is 5.69 Å². The van der Waals surface area contributed by atoms with Crippen LogP contribution >= 0.6 is 11.8 Å². The number of pyridine rings is 1. The van der Waals surface area contributed by atoms with Gasteiger partial charge >= 0.3 is 12.0 Å². The lowest BCUT2D eigenvalue weighted by atomic mass is 10.3. The van der Waals surface area contributed by atoms with E-state index in [1.165, 1.54) is 18.3 Å². The molecule has 7 heteroatoms. The van der Waals surface area contributed by atoms with Crippen LogP contribution in [-0.2, 0) is 0 Å². The van der Waals surface area contributed by atoms with E-state index in [9.17, 15) is 9.59 Å². The van der Waals surface area contributed by atoms with E-state index < -0.39 is 12.0 Å². The molecule has 0 aliphatic heterocycles. The van der Waals surface area contributed by atoms with Crippen molar-refractivity contribution in [3.8, 4) is 0 Å². The molecule has 2 rings (SSSR count). The Balaban J connectivity index is 1.99. The molecule has 0 unspecified atom stereocenters. The van der Waals surface area contributed by atoms with Gasteiger partial charge in [-0.1, -0.05) is 6.07 Å². The normalized spacial score (nSPS) is 9.95. The first-order valence-electron chi connectivity index (χ1n) is 6.00. The number of carbonyl (C=O) groups is 2. The quantitative estimate of drug-likeness (QED) is 0.755. The van der Waals surface area contributed by atoms with Crippen molar-refractivity contribution in [3.63, 3.8) is 0 Å². The van der Waals surface area contributed by atoms with Gasteiger partial charge in [-0.15, -0.1) is 11.8 Å². The molecule has 0 atom stereocenters. The Morgan fingerprint density at radius 2 is 1.90 bits per heavy atom. The molecule has 0 fully saturated rings. The maximum Gasteiger partial charge on any atom is 0.354 e. The number of aromatic carboxylic acids is 1. The summed E-state index contributed by atoms with van der Waals surface area (Å²) in [5.41, 5.74) is 1.02. The summed E-state index contributed by atoms with van der Waals surface area (Å²) in [7, 11) is 0. The second-order valence-corrected chi connectivity index (χ2v) is 4.93. The number of nitrogens with one attached hydrogen (secondary N) is 2. The highest BCUT2D eigenvalue weighted by atomic mass is 32.2. The predicted octanol–water partition coefficient (Wildman–Crippen LogP) is 3.15. The van der Waals surface area contributed by atoms with Gasteiger partial charge in [0.25, 0.3) is 0 Å². The van der Waals surface area contributed by atoms with E-state index in [4.69, 9.17) is 5.11 Å². The summed E-state index contributed by atoms with van der Waals surface area (Å²) in [6.07, 6.45) is 3.25. The third-order valence-electron chi connectivity index (χ3n) is 2.57. The van der Waals surface area contributed by atoms with Crippen LogP contribution in [0.5, 0.6) is 0 Å². The third kappa shape index (κ3) is 4.22. The van der Waals surface area contributed by atoms with E-state index >= 15 is 0 Å². The summed E-state index contributed by atoms with van der Waals surface area (Å²) < 4.78 is 0. The van der Waals surface area contributed by atoms with E-state index in [0.29, 0.717) is 11.4 Å². The molecule has 0 aliphatic rings. The van der Waals surface area contributed by atoms with Gasteiger partial charge < -0.3 is 15.7 Å². The minimum absolute atomic E-state index is 0.0753. The SMILES string of the molecule is CSc1cccc(NC(=O)Nc2ccc(C(=O)O)nc2)c1. The number of carboxylic acids is 1. The first-order chi connectivity index (χ1) is 10.1. The lowest BCUT2D eigenvalue weighted by Gasteiger charge is -2.08. The lowest BCUT2D eigenvalue weighted by Crippen LogP contribution is -2.19. The van der Waals surface area contributed by atoms with Gasteiger partial charge in [0.05, 0.1) is 11.9 Å². The van der Waals surface area contributed by atoms with Gasteiger partial charge in [-0.2, -0.15) is 0 Å². The summed E-state index contributed by atoms with van der Waals surface area (Å²) in [6, 6.07) is 9.83. The topological polar surface area (TPSA) is 91.3 Å². The molecular weight excluding hydrogens is 290 g/mol. The molecule has 0 saturated heterocycles. The number of benzene rings is 1. The lowest BCUT2D eigenvalue weighted by molar-refractivity contribution is 0.0690. The van der Waals surface area contributed by atoms with Crippen molar-refractivity contribution in [2.24, 2.45) is 0 Å². The first-order valence-corrected chi connectivity index (χ1v) is 7.22. The number of urea groups is 1. The predicted molar refractivity (Wildman–Crippen MR) is 82.1 cm³/mol. The fourth-order valence-corrected chi connectivity index (χ4v) is 2.05. The molecule has 0 radical (unpaired) electrons. The molecule has 0 saturated carbocycles. The Hall–Kier alpha value is -2.54. The maximum atomic E-state index is 11.8. The van der Waals surface area contributed by atoms with E-state index in [0.717, 1.165) is 4.90 Å². The number of rotatable bonds is 4. The summed E-state index contributed by atoms with van der Waals surface area (Å²) in [6.45, 7) is 0. The molecule has 1 aromatic carbocycles. The molecule has 1 aromatic heterocycles. The number of carboxylic acid groups (broad SMARTS) is 1. The second-order valence-electron chi connectivity index (χ2n) is 4.05. The van der Waals surface area contributed by atoms with Crippen molar-refractivity contribution in [2.75, 3.05) is 16.9 Å². The minimum Gasteiger partial charge on any atom is -0.477 e. The molecule has 0 spiro atoms. The average Bonchev–Trinajstić information content (AvgIpc) is 2.47. The van der Waals surface area contributed by atoms with Crippen molar-refractivity contribution in [1.29, 1.82) is 0 Å². The summed E-state index contributed by atoms with van der Waals surface area (Å²) in [5.74, 6) is -1.11. The molecule has 108 valence electrons. The number of nitrogens with zero attached hydrogens (tertiary/aromatic N) is 1. The monoisotopic (exact) mass is 303 g/mol. The van der Waals surface area contributed by atoms with Crippen LogP contribution in [0.2, 0.25) is 0 Å². The van der Waals surface area contributed by atoms with Crippen LogP contribution in [0, 0.1) is 0 Å². The minimum atomic E-state index is -1.11. The zero-order valence-corrected chi connectivity index (χ0v) is 12.0. The number of thioether (sulfide) groups is 1. The second kappa shape index (κ2) is 6.76. The van der Waals surface area contributed by atoms with Crippen LogP contribution in [0.1, 0.15) is 10.5 Å².